The zero-order chi connectivity index (χ0) is 14.7. The van der Waals surface area contributed by atoms with E-state index in [0.29, 0.717) is 24.4 Å². The van der Waals surface area contributed by atoms with Crippen LogP contribution in [0.5, 0.6) is 5.75 Å². The van der Waals surface area contributed by atoms with E-state index in [-0.39, 0.29) is 0 Å². The third-order valence-corrected chi connectivity index (χ3v) is 3.44. The highest BCUT2D eigenvalue weighted by Gasteiger charge is 2.29. The fraction of sp³-hybridized carbons (Fsp3) is 0.500. The van der Waals surface area contributed by atoms with Gasteiger partial charge in [-0.1, -0.05) is 37.2 Å². The molecule has 0 spiro atoms. The van der Waals surface area contributed by atoms with Gasteiger partial charge in [0.25, 0.3) is 0 Å². The van der Waals surface area contributed by atoms with E-state index in [4.69, 9.17) is 9.26 Å². The van der Waals surface area contributed by atoms with Crippen LogP contribution in [0.2, 0.25) is 0 Å². The van der Waals surface area contributed by atoms with Gasteiger partial charge in [-0.3, -0.25) is 0 Å². The summed E-state index contributed by atoms with van der Waals surface area (Å²) in [5, 5.41) is 7.37. The molecule has 1 saturated carbocycles. The number of hydrogen-bond donors (Lipinski definition) is 1. The van der Waals surface area contributed by atoms with Crippen molar-refractivity contribution in [2.75, 3.05) is 0 Å². The number of hydrogen-bond acceptors (Lipinski definition) is 5. The van der Waals surface area contributed by atoms with Crippen molar-refractivity contribution in [2.24, 2.45) is 0 Å². The fourth-order valence-electron chi connectivity index (χ4n) is 2.07. The highest BCUT2D eigenvalue weighted by molar-refractivity contribution is 5.33. The zero-order valence-corrected chi connectivity index (χ0v) is 12.5. The molecule has 112 valence electrons. The van der Waals surface area contributed by atoms with E-state index in [1.807, 2.05) is 18.2 Å². The number of nitrogens with zero attached hydrogens (tertiary/aromatic N) is 2. The molecule has 3 rings (SSSR count). The Morgan fingerprint density at radius 1 is 1.33 bits per heavy atom. The highest BCUT2D eigenvalue weighted by Crippen LogP contribution is 2.38. The molecule has 0 saturated heterocycles. The van der Waals surface area contributed by atoms with Gasteiger partial charge in [-0.05, 0) is 18.9 Å². The molecule has 5 nitrogen and oxygen atoms in total. The van der Waals surface area contributed by atoms with Crippen molar-refractivity contribution < 1.29 is 9.26 Å². The summed E-state index contributed by atoms with van der Waals surface area (Å²) < 4.78 is 11.1. The summed E-state index contributed by atoms with van der Waals surface area (Å²) in [7, 11) is 0. The Kier molecular flexibility index (Phi) is 4.20. The first-order valence-electron chi connectivity index (χ1n) is 7.49. The molecule has 21 heavy (non-hydrogen) atoms. The van der Waals surface area contributed by atoms with Gasteiger partial charge in [0.15, 0.2) is 6.61 Å². The minimum Gasteiger partial charge on any atom is -0.485 e. The predicted octanol–water partition coefficient (Wildman–Crippen LogP) is 3.02. The molecule has 1 aromatic carbocycles. The second-order valence-electron chi connectivity index (χ2n) is 5.76. The molecule has 1 heterocycles. The zero-order valence-electron chi connectivity index (χ0n) is 12.5. The normalized spacial score (nSPS) is 14.6. The molecule has 0 bridgehead atoms. The van der Waals surface area contributed by atoms with E-state index in [1.165, 1.54) is 0 Å². The number of para-hydroxylation sites is 1. The average molecular weight is 287 g/mol. The second kappa shape index (κ2) is 6.26. The largest absolute Gasteiger partial charge is 0.485 e. The van der Waals surface area contributed by atoms with Crippen LogP contribution >= 0.6 is 0 Å². The van der Waals surface area contributed by atoms with Crippen molar-refractivity contribution in [3.05, 3.63) is 41.5 Å². The molecule has 1 fully saturated rings. The van der Waals surface area contributed by atoms with E-state index in [2.05, 4.69) is 35.4 Å². The Morgan fingerprint density at radius 2 is 2.14 bits per heavy atom. The first-order chi connectivity index (χ1) is 10.2. The number of aromatic nitrogens is 2. The van der Waals surface area contributed by atoms with Crippen molar-refractivity contribution in [3.63, 3.8) is 0 Å². The monoisotopic (exact) mass is 287 g/mol. The van der Waals surface area contributed by atoms with Gasteiger partial charge in [-0.25, -0.2) is 0 Å². The summed E-state index contributed by atoms with van der Waals surface area (Å²) in [5.74, 6) is 2.71. The SMILES string of the molecule is CC(C)NCc1ccccc1OCc1noc(C2CC2)n1. The van der Waals surface area contributed by atoms with Gasteiger partial charge in [0.1, 0.15) is 5.75 Å². The molecule has 1 aliphatic rings. The maximum atomic E-state index is 5.84. The molecule has 0 aliphatic heterocycles. The van der Waals surface area contributed by atoms with Gasteiger partial charge in [0.05, 0.1) is 0 Å². The summed E-state index contributed by atoms with van der Waals surface area (Å²) in [4.78, 5) is 4.37. The van der Waals surface area contributed by atoms with Crippen molar-refractivity contribution >= 4 is 0 Å². The van der Waals surface area contributed by atoms with Gasteiger partial charge in [0, 0.05) is 24.1 Å². The first-order valence-corrected chi connectivity index (χ1v) is 7.49. The van der Waals surface area contributed by atoms with Crippen LogP contribution in [-0.4, -0.2) is 16.2 Å². The van der Waals surface area contributed by atoms with Gasteiger partial charge >= 0.3 is 0 Å². The van der Waals surface area contributed by atoms with E-state index in [1.54, 1.807) is 0 Å². The lowest BCUT2D eigenvalue weighted by Gasteiger charge is -2.12. The van der Waals surface area contributed by atoms with Gasteiger partial charge in [-0.15, -0.1) is 0 Å². The van der Waals surface area contributed by atoms with Crippen LogP contribution in [0.4, 0.5) is 0 Å². The molecule has 0 atom stereocenters. The number of nitrogens with one attached hydrogen (secondary N) is 1. The maximum Gasteiger partial charge on any atom is 0.229 e. The van der Waals surface area contributed by atoms with Gasteiger partial charge in [0.2, 0.25) is 11.7 Å². The van der Waals surface area contributed by atoms with Crippen molar-refractivity contribution in [1.82, 2.24) is 15.5 Å². The quantitative estimate of drug-likeness (QED) is 0.848. The maximum absolute atomic E-state index is 5.84. The Hall–Kier alpha value is -1.88. The van der Waals surface area contributed by atoms with Crippen molar-refractivity contribution in [2.45, 2.75) is 51.8 Å². The lowest BCUT2D eigenvalue weighted by molar-refractivity contribution is 0.281. The molecule has 1 N–H and O–H groups in total. The lowest BCUT2D eigenvalue weighted by Crippen LogP contribution is -2.22. The van der Waals surface area contributed by atoms with E-state index in [0.717, 1.165) is 36.6 Å². The Morgan fingerprint density at radius 3 is 2.90 bits per heavy atom. The van der Waals surface area contributed by atoms with Gasteiger partial charge < -0.3 is 14.6 Å². The average Bonchev–Trinajstić information content (AvgIpc) is 3.23. The van der Waals surface area contributed by atoms with Crippen LogP contribution in [0.3, 0.4) is 0 Å². The van der Waals surface area contributed by atoms with Crippen LogP contribution in [0.15, 0.2) is 28.8 Å². The molecule has 5 heteroatoms. The third-order valence-electron chi connectivity index (χ3n) is 3.44. The standard InChI is InChI=1S/C16H21N3O2/c1-11(2)17-9-13-5-3-4-6-14(13)20-10-15-18-16(21-19-15)12-7-8-12/h3-6,11-12,17H,7-10H2,1-2H3. The van der Waals surface area contributed by atoms with Crippen LogP contribution in [-0.2, 0) is 13.2 Å². The molecule has 0 radical (unpaired) electrons. The third kappa shape index (κ3) is 3.82. The molecule has 2 aromatic rings. The molecule has 0 amide bonds. The highest BCUT2D eigenvalue weighted by atomic mass is 16.5. The summed E-state index contributed by atoms with van der Waals surface area (Å²) in [6.07, 6.45) is 2.32. The number of rotatable bonds is 7. The number of benzene rings is 1. The minimum atomic E-state index is 0.342. The first kappa shape index (κ1) is 14.1. The molecule has 0 unspecified atom stereocenters. The smallest absolute Gasteiger partial charge is 0.229 e. The van der Waals surface area contributed by atoms with Crippen molar-refractivity contribution in [3.8, 4) is 5.75 Å². The van der Waals surface area contributed by atoms with E-state index >= 15 is 0 Å². The van der Waals surface area contributed by atoms with Crippen molar-refractivity contribution in [1.29, 1.82) is 0 Å². The molecule has 1 aliphatic carbocycles. The summed E-state index contributed by atoms with van der Waals surface area (Å²) in [5.41, 5.74) is 1.14. The summed E-state index contributed by atoms with van der Waals surface area (Å²) >= 11 is 0. The van der Waals surface area contributed by atoms with E-state index < -0.39 is 0 Å². The van der Waals surface area contributed by atoms with Crippen LogP contribution in [0.25, 0.3) is 0 Å². The Labute approximate surface area is 124 Å². The summed E-state index contributed by atoms with van der Waals surface area (Å²) in [6, 6.07) is 8.47. The summed E-state index contributed by atoms with van der Waals surface area (Å²) in [6.45, 7) is 5.38. The topological polar surface area (TPSA) is 60.2 Å². The number of ether oxygens (including phenoxy) is 1. The Balaban J connectivity index is 1.60. The lowest BCUT2D eigenvalue weighted by atomic mass is 10.2. The second-order valence-corrected chi connectivity index (χ2v) is 5.76. The van der Waals surface area contributed by atoms with Crippen LogP contribution in [0.1, 0.15) is 49.9 Å². The molecule has 1 aromatic heterocycles. The molecular weight excluding hydrogens is 266 g/mol. The van der Waals surface area contributed by atoms with Crippen LogP contribution in [0, 0.1) is 0 Å². The van der Waals surface area contributed by atoms with Crippen LogP contribution < -0.4 is 10.1 Å². The van der Waals surface area contributed by atoms with Gasteiger partial charge in [-0.2, -0.15) is 4.98 Å². The minimum absolute atomic E-state index is 0.342. The fourth-order valence-corrected chi connectivity index (χ4v) is 2.07. The van der Waals surface area contributed by atoms with E-state index in [9.17, 15) is 0 Å². The predicted molar refractivity (Wildman–Crippen MR) is 79.0 cm³/mol. The Bertz CT molecular complexity index is 591. The molecular formula is C16H21N3O2.